The van der Waals surface area contributed by atoms with E-state index in [-0.39, 0.29) is 18.4 Å². The molecule has 0 unspecified atom stereocenters. The van der Waals surface area contributed by atoms with Crippen LogP contribution in [0.15, 0.2) is 30.3 Å². The van der Waals surface area contributed by atoms with Crippen molar-refractivity contribution in [3.05, 3.63) is 50.1 Å². The third-order valence-corrected chi connectivity index (χ3v) is 5.82. The number of anilines is 1. The summed E-state index contributed by atoms with van der Waals surface area (Å²) in [4.78, 5) is 30.5. The molecule has 0 aliphatic carbocycles. The van der Waals surface area contributed by atoms with Crippen molar-refractivity contribution in [3.63, 3.8) is 0 Å². The molecule has 26 heavy (non-hydrogen) atoms. The summed E-state index contributed by atoms with van der Waals surface area (Å²) in [6.07, 6.45) is 0. The van der Waals surface area contributed by atoms with Crippen LogP contribution in [0.4, 0.5) is 5.69 Å². The van der Waals surface area contributed by atoms with E-state index < -0.39 is 0 Å². The average Bonchev–Trinajstić information content (AvgIpc) is 3.05. The second kappa shape index (κ2) is 8.39. The monoisotopic (exact) mass is 411 g/mol. The van der Waals surface area contributed by atoms with E-state index >= 15 is 0 Å². The van der Waals surface area contributed by atoms with E-state index in [1.807, 2.05) is 28.9 Å². The molecule has 0 atom stereocenters. The van der Waals surface area contributed by atoms with Crippen molar-refractivity contribution < 1.29 is 9.59 Å². The lowest BCUT2D eigenvalue weighted by atomic mass is 10.2. The van der Waals surface area contributed by atoms with Gasteiger partial charge in [0.15, 0.2) is 0 Å². The maximum atomic E-state index is 12.5. The van der Waals surface area contributed by atoms with Gasteiger partial charge in [-0.05, 0) is 31.2 Å². The minimum atomic E-state index is -0.173. The van der Waals surface area contributed by atoms with E-state index in [1.54, 1.807) is 18.2 Å². The molecule has 0 radical (unpaired) electrons. The number of nitrogens with one attached hydrogen (secondary N) is 1. The van der Waals surface area contributed by atoms with Gasteiger partial charge in [0.1, 0.15) is 0 Å². The molecular weight excluding hydrogens is 393 g/mol. The van der Waals surface area contributed by atoms with Crippen molar-refractivity contribution in [2.24, 2.45) is 0 Å². The number of hydrogen-bond acceptors (Lipinski definition) is 4. The van der Waals surface area contributed by atoms with Crippen LogP contribution in [0.25, 0.3) is 0 Å². The van der Waals surface area contributed by atoms with Crippen LogP contribution in [0.5, 0.6) is 0 Å². The van der Waals surface area contributed by atoms with Gasteiger partial charge in [0.2, 0.25) is 5.91 Å². The highest BCUT2D eigenvalue weighted by Crippen LogP contribution is 2.29. The Bertz CT molecular complexity index is 796. The number of thiophene rings is 1. The van der Waals surface area contributed by atoms with E-state index in [4.69, 9.17) is 23.2 Å². The normalized spacial score (nSPS) is 15.1. The summed E-state index contributed by atoms with van der Waals surface area (Å²) in [6, 6.07) is 8.92. The first-order valence-electron chi connectivity index (χ1n) is 8.26. The maximum Gasteiger partial charge on any atom is 0.264 e. The molecule has 3 rings (SSSR count). The largest absolute Gasteiger partial charge is 0.335 e. The Hall–Kier alpha value is -1.60. The Morgan fingerprint density at radius 2 is 1.73 bits per heavy atom. The van der Waals surface area contributed by atoms with Gasteiger partial charge in [0, 0.05) is 31.1 Å². The zero-order valence-corrected chi connectivity index (χ0v) is 16.6. The van der Waals surface area contributed by atoms with Gasteiger partial charge < -0.3 is 10.2 Å². The minimum absolute atomic E-state index is 0.0649. The van der Waals surface area contributed by atoms with Crippen LogP contribution in [0.3, 0.4) is 0 Å². The smallest absolute Gasteiger partial charge is 0.264 e. The molecule has 1 aliphatic heterocycles. The number of halogens is 2. The fraction of sp³-hybridized carbons (Fsp3) is 0.333. The molecule has 8 heteroatoms. The van der Waals surface area contributed by atoms with Gasteiger partial charge in [-0.15, -0.1) is 11.3 Å². The average molecular weight is 412 g/mol. The number of para-hydroxylation sites is 1. The first kappa shape index (κ1) is 19.2. The van der Waals surface area contributed by atoms with Crippen LogP contribution in [-0.2, 0) is 4.79 Å². The van der Waals surface area contributed by atoms with E-state index in [2.05, 4.69) is 5.32 Å². The summed E-state index contributed by atoms with van der Waals surface area (Å²) in [5.74, 6) is -0.108. The van der Waals surface area contributed by atoms with Crippen molar-refractivity contribution in [3.8, 4) is 0 Å². The number of carbonyl (C=O) groups is 2. The molecule has 0 spiro atoms. The van der Waals surface area contributed by atoms with Crippen molar-refractivity contribution in [2.75, 3.05) is 38.0 Å². The quantitative estimate of drug-likeness (QED) is 0.832. The number of piperazine rings is 1. The molecule has 0 bridgehead atoms. The van der Waals surface area contributed by atoms with E-state index in [9.17, 15) is 9.59 Å². The standard InChI is InChI=1S/C18H19Cl2N3O2S/c1-12-5-6-15(26-12)18(25)23-9-7-22(8-10-23)11-16(24)21-17-13(19)3-2-4-14(17)20/h2-6H,7-11H2,1H3,(H,21,24). The summed E-state index contributed by atoms with van der Waals surface area (Å²) in [7, 11) is 0. The molecule has 1 aromatic heterocycles. The van der Waals surface area contributed by atoms with Crippen molar-refractivity contribution in [2.45, 2.75) is 6.92 Å². The van der Waals surface area contributed by atoms with E-state index in [1.165, 1.54) is 11.3 Å². The summed E-state index contributed by atoms with van der Waals surface area (Å²) in [6.45, 7) is 4.75. The van der Waals surface area contributed by atoms with Crippen LogP contribution >= 0.6 is 34.5 Å². The molecule has 2 aromatic rings. The number of carbonyl (C=O) groups excluding carboxylic acids is 2. The predicted octanol–water partition coefficient (Wildman–Crippen LogP) is 3.76. The highest BCUT2D eigenvalue weighted by atomic mass is 35.5. The van der Waals surface area contributed by atoms with Gasteiger partial charge >= 0.3 is 0 Å². The van der Waals surface area contributed by atoms with Crippen molar-refractivity contribution in [1.82, 2.24) is 9.80 Å². The fourth-order valence-electron chi connectivity index (χ4n) is 2.81. The summed E-state index contributed by atoms with van der Waals surface area (Å²) in [5, 5.41) is 3.58. The molecule has 1 fully saturated rings. The highest BCUT2D eigenvalue weighted by Gasteiger charge is 2.24. The Balaban J connectivity index is 1.51. The molecule has 2 heterocycles. The van der Waals surface area contributed by atoms with Gasteiger partial charge in [-0.2, -0.15) is 0 Å². The van der Waals surface area contributed by atoms with Crippen molar-refractivity contribution in [1.29, 1.82) is 0 Å². The molecule has 2 amide bonds. The third-order valence-electron chi connectivity index (χ3n) is 4.21. The number of nitrogens with zero attached hydrogens (tertiary/aromatic N) is 2. The lowest BCUT2D eigenvalue weighted by Crippen LogP contribution is -2.50. The second-order valence-corrected chi connectivity index (χ2v) is 8.23. The fourth-order valence-corrected chi connectivity index (χ4v) is 4.14. The minimum Gasteiger partial charge on any atom is -0.335 e. The molecule has 138 valence electrons. The van der Waals surface area contributed by atoms with Crippen LogP contribution in [0.1, 0.15) is 14.5 Å². The van der Waals surface area contributed by atoms with E-state index in [0.717, 1.165) is 9.75 Å². The number of amides is 2. The van der Waals surface area contributed by atoms with Gasteiger partial charge in [0.05, 0.1) is 27.2 Å². The molecule has 1 N–H and O–H groups in total. The molecule has 5 nitrogen and oxygen atoms in total. The zero-order chi connectivity index (χ0) is 18.7. The SMILES string of the molecule is Cc1ccc(C(=O)N2CCN(CC(=O)Nc3c(Cl)cccc3Cl)CC2)s1. The lowest BCUT2D eigenvalue weighted by molar-refractivity contribution is -0.117. The Labute approximate surface area is 166 Å². The molecule has 1 saturated heterocycles. The number of aryl methyl sites for hydroxylation is 1. The molecule has 0 saturated carbocycles. The summed E-state index contributed by atoms with van der Waals surface area (Å²) >= 11 is 13.7. The first-order valence-corrected chi connectivity index (χ1v) is 9.83. The number of benzene rings is 1. The van der Waals surface area contributed by atoms with Gasteiger partial charge in [-0.3, -0.25) is 14.5 Å². The van der Waals surface area contributed by atoms with Crippen LogP contribution in [0, 0.1) is 6.92 Å². The predicted molar refractivity (Wildman–Crippen MR) is 106 cm³/mol. The Morgan fingerprint density at radius 1 is 1.08 bits per heavy atom. The zero-order valence-electron chi connectivity index (χ0n) is 14.3. The summed E-state index contributed by atoms with van der Waals surface area (Å²) < 4.78 is 0. The van der Waals surface area contributed by atoms with Crippen molar-refractivity contribution >= 4 is 52.0 Å². The molecule has 1 aromatic carbocycles. The van der Waals surface area contributed by atoms with E-state index in [0.29, 0.717) is 41.9 Å². The highest BCUT2D eigenvalue weighted by molar-refractivity contribution is 7.13. The summed E-state index contributed by atoms with van der Waals surface area (Å²) in [5.41, 5.74) is 0.433. The second-order valence-electron chi connectivity index (χ2n) is 6.12. The number of rotatable bonds is 4. The van der Waals surface area contributed by atoms with Gasteiger partial charge in [-0.25, -0.2) is 0 Å². The third kappa shape index (κ3) is 4.57. The molecule has 1 aliphatic rings. The maximum absolute atomic E-state index is 12.5. The van der Waals surface area contributed by atoms with Crippen LogP contribution < -0.4 is 5.32 Å². The lowest BCUT2D eigenvalue weighted by Gasteiger charge is -2.34. The van der Waals surface area contributed by atoms with Crippen LogP contribution in [-0.4, -0.2) is 54.3 Å². The number of hydrogen-bond donors (Lipinski definition) is 1. The Kier molecular flexibility index (Phi) is 6.19. The van der Waals surface area contributed by atoms with Gasteiger partial charge in [0.25, 0.3) is 5.91 Å². The van der Waals surface area contributed by atoms with Crippen LogP contribution in [0.2, 0.25) is 10.0 Å². The molecular formula is C18H19Cl2N3O2S. The first-order chi connectivity index (χ1) is 12.4. The Morgan fingerprint density at radius 3 is 2.31 bits per heavy atom. The topological polar surface area (TPSA) is 52.7 Å². The van der Waals surface area contributed by atoms with Gasteiger partial charge in [-0.1, -0.05) is 29.3 Å².